The highest BCUT2D eigenvalue weighted by Gasteiger charge is 2.23. The fourth-order valence-corrected chi connectivity index (χ4v) is 4.06. The molecule has 32 heavy (non-hydrogen) atoms. The standard InChI is InChI=1S/C20H17F2N5O4S/c1-30-14-7-5-13(6-8-14)20-25-24-17-9-10-18(26-27(17)20)31-12-11-23-32(28,29)19-15(21)3-2-4-16(19)22/h2-10,23H,11-12H2,1H3. The average molecular weight is 461 g/mol. The highest BCUT2D eigenvalue weighted by atomic mass is 32.2. The van der Waals surface area contributed by atoms with Gasteiger partial charge in [0.2, 0.25) is 15.9 Å². The van der Waals surface area contributed by atoms with E-state index in [1.165, 1.54) is 4.52 Å². The van der Waals surface area contributed by atoms with Gasteiger partial charge in [0.1, 0.15) is 24.0 Å². The summed E-state index contributed by atoms with van der Waals surface area (Å²) in [6.45, 7) is -0.364. The summed E-state index contributed by atoms with van der Waals surface area (Å²) in [4.78, 5) is -1.03. The summed E-state index contributed by atoms with van der Waals surface area (Å²) in [5.74, 6) is -1.00. The highest BCUT2D eigenvalue weighted by molar-refractivity contribution is 7.89. The summed E-state index contributed by atoms with van der Waals surface area (Å²) in [7, 11) is -2.82. The van der Waals surface area contributed by atoms with Gasteiger partial charge in [0, 0.05) is 18.2 Å². The molecule has 0 atom stereocenters. The van der Waals surface area contributed by atoms with E-state index in [1.807, 2.05) is 0 Å². The Morgan fingerprint density at radius 2 is 1.72 bits per heavy atom. The van der Waals surface area contributed by atoms with Crippen LogP contribution in [0.5, 0.6) is 11.6 Å². The Balaban J connectivity index is 1.45. The van der Waals surface area contributed by atoms with Crippen molar-refractivity contribution < 1.29 is 26.7 Å². The average Bonchev–Trinajstić information content (AvgIpc) is 3.20. The normalized spacial score (nSPS) is 11.6. The van der Waals surface area contributed by atoms with Crippen molar-refractivity contribution in [1.29, 1.82) is 0 Å². The molecule has 0 saturated heterocycles. The number of nitrogens with one attached hydrogen (secondary N) is 1. The lowest BCUT2D eigenvalue weighted by Gasteiger charge is -2.09. The quantitative estimate of drug-likeness (QED) is 0.402. The fourth-order valence-electron chi connectivity index (χ4n) is 2.91. The third-order valence-corrected chi connectivity index (χ3v) is 5.93. The lowest BCUT2D eigenvalue weighted by molar-refractivity contribution is 0.305. The highest BCUT2D eigenvalue weighted by Crippen LogP contribution is 2.22. The summed E-state index contributed by atoms with van der Waals surface area (Å²) in [6.07, 6.45) is 0. The van der Waals surface area contributed by atoms with Gasteiger partial charge in [-0.2, -0.15) is 4.52 Å². The van der Waals surface area contributed by atoms with Crippen molar-refractivity contribution in [1.82, 2.24) is 24.5 Å². The summed E-state index contributed by atoms with van der Waals surface area (Å²) in [5, 5.41) is 12.5. The zero-order valence-electron chi connectivity index (χ0n) is 16.7. The predicted molar refractivity (Wildman–Crippen MR) is 110 cm³/mol. The van der Waals surface area contributed by atoms with Crippen LogP contribution < -0.4 is 14.2 Å². The minimum absolute atomic E-state index is 0.131. The van der Waals surface area contributed by atoms with Gasteiger partial charge >= 0.3 is 0 Å². The van der Waals surface area contributed by atoms with Gasteiger partial charge in [0.15, 0.2) is 16.4 Å². The van der Waals surface area contributed by atoms with Crippen LogP contribution in [0.4, 0.5) is 8.78 Å². The van der Waals surface area contributed by atoms with E-state index in [2.05, 4.69) is 20.0 Å². The van der Waals surface area contributed by atoms with Crippen LogP contribution in [-0.4, -0.2) is 48.5 Å². The van der Waals surface area contributed by atoms with Crippen molar-refractivity contribution in [3.05, 3.63) is 66.2 Å². The molecular formula is C20H17F2N5O4S. The Morgan fingerprint density at radius 3 is 2.41 bits per heavy atom. The first-order valence-electron chi connectivity index (χ1n) is 9.32. The van der Waals surface area contributed by atoms with Gasteiger partial charge in [-0.25, -0.2) is 21.9 Å². The molecule has 4 rings (SSSR count). The number of halogens is 2. The van der Waals surface area contributed by atoms with Gasteiger partial charge in [-0.1, -0.05) is 6.07 Å². The number of aromatic nitrogens is 4. The summed E-state index contributed by atoms with van der Waals surface area (Å²) < 4.78 is 66.0. The second-order valence-corrected chi connectivity index (χ2v) is 8.19. The smallest absolute Gasteiger partial charge is 0.246 e. The molecular weight excluding hydrogens is 444 g/mol. The molecule has 0 aliphatic heterocycles. The van der Waals surface area contributed by atoms with Crippen LogP contribution in [-0.2, 0) is 10.0 Å². The minimum Gasteiger partial charge on any atom is -0.497 e. The lowest BCUT2D eigenvalue weighted by atomic mass is 10.2. The van der Waals surface area contributed by atoms with Gasteiger partial charge in [0.25, 0.3) is 0 Å². The molecule has 0 fully saturated rings. The van der Waals surface area contributed by atoms with Crippen molar-refractivity contribution in [2.24, 2.45) is 0 Å². The van der Waals surface area contributed by atoms with Crippen LogP contribution in [0.1, 0.15) is 0 Å². The fraction of sp³-hybridized carbons (Fsp3) is 0.150. The van der Waals surface area contributed by atoms with Gasteiger partial charge in [0.05, 0.1) is 7.11 Å². The second-order valence-electron chi connectivity index (χ2n) is 6.49. The topological polar surface area (TPSA) is 108 Å². The van der Waals surface area contributed by atoms with Gasteiger partial charge < -0.3 is 9.47 Å². The molecule has 2 aromatic heterocycles. The molecule has 12 heteroatoms. The maximum atomic E-state index is 13.7. The Kier molecular flexibility index (Phi) is 5.97. The summed E-state index contributed by atoms with van der Waals surface area (Å²) in [6, 6.07) is 13.2. The number of rotatable bonds is 8. The number of hydrogen-bond acceptors (Lipinski definition) is 7. The van der Waals surface area contributed by atoms with E-state index in [4.69, 9.17) is 9.47 Å². The molecule has 0 unspecified atom stereocenters. The first-order chi connectivity index (χ1) is 15.4. The van der Waals surface area contributed by atoms with E-state index in [0.717, 1.165) is 23.8 Å². The zero-order chi connectivity index (χ0) is 22.7. The minimum atomic E-state index is -4.39. The molecule has 2 aromatic carbocycles. The summed E-state index contributed by atoms with van der Waals surface area (Å²) in [5.41, 5.74) is 1.24. The van der Waals surface area contributed by atoms with E-state index >= 15 is 0 Å². The van der Waals surface area contributed by atoms with E-state index < -0.39 is 26.6 Å². The molecule has 0 saturated carbocycles. The zero-order valence-corrected chi connectivity index (χ0v) is 17.5. The van der Waals surface area contributed by atoms with E-state index in [9.17, 15) is 17.2 Å². The van der Waals surface area contributed by atoms with Crippen molar-refractivity contribution >= 4 is 15.7 Å². The van der Waals surface area contributed by atoms with Crippen LogP contribution in [0, 0.1) is 11.6 Å². The predicted octanol–water partition coefficient (Wildman–Crippen LogP) is 2.44. The molecule has 0 radical (unpaired) electrons. The number of hydrogen-bond donors (Lipinski definition) is 1. The Labute approximate surface area is 181 Å². The largest absolute Gasteiger partial charge is 0.497 e. The van der Waals surface area contributed by atoms with Crippen LogP contribution in [0.15, 0.2) is 59.5 Å². The number of ether oxygens (including phenoxy) is 2. The Morgan fingerprint density at radius 1 is 1.00 bits per heavy atom. The molecule has 0 aliphatic rings. The number of nitrogens with zero attached hydrogens (tertiary/aromatic N) is 4. The van der Waals surface area contributed by atoms with Gasteiger partial charge in [-0.3, -0.25) is 0 Å². The van der Waals surface area contributed by atoms with Crippen LogP contribution in [0.2, 0.25) is 0 Å². The molecule has 0 spiro atoms. The van der Waals surface area contributed by atoms with Crippen molar-refractivity contribution in [3.8, 4) is 23.0 Å². The van der Waals surface area contributed by atoms with Crippen molar-refractivity contribution in [3.63, 3.8) is 0 Å². The number of benzene rings is 2. The first kappa shape index (κ1) is 21.6. The molecule has 0 amide bonds. The molecule has 4 aromatic rings. The SMILES string of the molecule is COc1ccc(-c2nnc3ccc(OCCNS(=O)(=O)c4c(F)cccc4F)nn23)cc1. The van der Waals surface area contributed by atoms with E-state index in [-0.39, 0.29) is 19.0 Å². The van der Waals surface area contributed by atoms with Gasteiger partial charge in [-0.05, 0) is 42.5 Å². The third-order valence-electron chi connectivity index (χ3n) is 4.42. The monoisotopic (exact) mass is 461 g/mol. The maximum absolute atomic E-state index is 13.7. The van der Waals surface area contributed by atoms with Gasteiger partial charge in [-0.15, -0.1) is 15.3 Å². The first-order valence-corrected chi connectivity index (χ1v) is 10.8. The van der Waals surface area contributed by atoms with E-state index in [1.54, 1.807) is 43.5 Å². The number of sulfonamides is 1. The van der Waals surface area contributed by atoms with Crippen molar-refractivity contribution in [2.75, 3.05) is 20.3 Å². The Hall–Kier alpha value is -3.64. The number of methoxy groups -OCH3 is 1. The maximum Gasteiger partial charge on any atom is 0.246 e. The molecule has 9 nitrogen and oxygen atoms in total. The Bertz CT molecular complexity index is 1340. The summed E-state index contributed by atoms with van der Waals surface area (Å²) >= 11 is 0. The van der Waals surface area contributed by atoms with Crippen LogP contribution in [0.3, 0.4) is 0 Å². The van der Waals surface area contributed by atoms with Crippen molar-refractivity contribution in [2.45, 2.75) is 4.90 Å². The molecule has 0 aliphatic carbocycles. The van der Waals surface area contributed by atoms with Crippen LogP contribution >= 0.6 is 0 Å². The third kappa shape index (κ3) is 4.36. The molecule has 1 N–H and O–H groups in total. The van der Waals surface area contributed by atoms with Crippen LogP contribution in [0.25, 0.3) is 17.0 Å². The van der Waals surface area contributed by atoms with E-state index in [0.29, 0.717) is 17.2 Å². The lowest BCUT2D eigenvalue weighted by Crippen LogP contribution is -2.29. The molecule has 2 heterocycles. The molecule has 0 bridgehead atoms. The number of fused-ring (bicyclic) bond motifs is 1. The second kappa shape index (κ2) is 8.85. The molecule has 166 valence electrons.